The molecule has 1 rings (SSSR count). The molecule has 94 valence electrons. The lowest BCUT2D eigenvalue weighted by molar-refractivity contribution is -0.119. The van der Waals surface area contributed by atoms with Crippen molar-refractivity contribution in [2.75, 3.05) is 11.1 Å². The van der Waals surface area contributed by atoms with Gasteiger partial charge >= 0.3 is 0 Å². The van der Waals surface area contributed by atoms with Crippen molar-refractivity contribution in [1.82, 2.24) is 0 Å². The number of carbonyl (C=O) groups excluding carboxylic acids is 1. The summed E-state index contributed by atoms with van der Waals surface area (Å²) in [6, 6.07) is 3.74. The van der Waals surface area contributed by atoms with Crippen LogP contribution in [0.25, 0.3) is 0 Å². The van der Waals surface area contributed by atoms with Crippen LogP contribution in [0.1, 0.15) is 32.3 Å². The van der Waals surface area contributed by atoms with E-state index in [0.717, 1.165) is 28.6 Å². The molecular weight excluding hydrogens is 280 g/mol. The van der Waals surface area contributed by atoms with Crippen LogP contribution in [0.15, 0.2) is 16.6 Å². The Bertz CT molecular complexity index is 395. The number of anilines is 2. The van der Waals surface area contributed by atoms with Crippen molar-refractivity contribution in [2.45, 2.75) is 33.6 Å². The molecule has 0 aliphatic carbocycles. The molecule has 0 bridgehead atoms. The number of nitrogens with two attached hydrogens (primary N) is 1. The molecule has 17 heavy (non-hydrogen) atoms. The van der Waals surface area contributed by atoms with Crippen LogP contribution >= 0.6 is 15.9 Å². The molecule has 0 aromatic heterocycles. The van der Waals surface area contributed by atoms with Crippen molar-refractivity contribution in [3.8, 4) is 0 Å². The average Bonchev–Trinajstić information content (AvgIpc) is 2.23. The number of carbonyl (C=O) groups is 1. The second-order valence-electron chi connectivity index (χ2n) is 4.37. The van der Waals surface area contributed by atoms with Gasteiger partial charge in [-0.15, -0.1) is 0 Å². The molecule has 0 spiro atoms. The molecule has 4 heteroatoms. The van der Waals surface area contributed by atoms with Crippen molar-refractivity contribution >= 4 is 33.2 Å². The van der Waals surface area contributed by atoms with Gasteiger partial charge in [-0.2, -0.15) is 0 Å². The predicted molar refractivity (Wildman–Crippen MR) is 76.0 cm³/mol. The lowest BCUT2D eigenvalue weighted by Gasteiger charge is -2.15. The summed E-state index contributed by atoms with van der Waals surface area (Å²) in [6.45, 7) is 5.94. The summed E-state index contributed by atoms with van der Waals surface area (Å²) in [5.41, 5.74) is 8.18. The second kappa shape index (κ2) is 6.05. The van der Waals surface area contributed by atoms with E-state index < -0.39 is 0 Å². The maximum atomic E-state index is 11.9. The van der Waals surface area contributed by atoms with Gasteiger partial charge in [-0.3, -0.25) is 4.79 Å². The highest BCUT2D eigenvalue weighted by atomic mass is 79.9. The van der Waals surface area contributed by atoms with Crippen LogP contribution < -0.4 is 11.1 Å². The molecule has 0 saturated heterocycles. The first kappa shape index (κ1) is 14.0. The number of benzene rings is 1. The molecule has 1 aromatic carbocycles. The number of hydrogen-bond acceptors (Lipinski definition) is 2. The van der Waals surface area contributed by atoms with Gasteiger partial charge in [-0.25, -0.2) is 0 Å². The van der Waals surface area contributed by atoms with E-state index in [2.05, 4.69) is 28.2 Å². The Morgan fingerprint density at radius 3 is 2.71 bits per heavy atom. The smallest absolute Gasteiger partial charge is 0.227 e. The van der Waals surface area contributed by atoms with E-state index in [1.54, 1.807) is 6.07 Å². The highest BCUT2D eigenvalue weighted by Gasteiger charge is 2.14. The highest BCUT2D eigenvalue weighted by molar-refractivity contribution is 9.10. The number of halogens is 1. The van der Waals surface area contributed by atoms with Gasteiger partial charge in [0.05, 0.1) is 11.4 Å². The Hall–Kier alpha value is -1.03. The Kier molecular flexibility index (Phi) is 5.00. The van der Waals surface area contributed by atoms with Gasteiger partial charge in [0.25, 0.3) is 0 Å². The standard InChI is InChI=1S/C13H19BrN2O/c1-4-5-8(2)13(17)16-12-9(3)6-10(14)7-11(12)15/h6-8H,4-5,15H2,1-3H3,(H,16,17). The fraction of sp³-hybridized carbons (Fsp3) is 0.462. The number of aryl methyl sites for hydroxylation is 1. The first-order valence-corrected chi connectivity index (χ1v) is 6.61. The number of amides is 1. The molecule has 0 heterocycles. The molecule has 0 saturated carbocycles. The lowest BCUT2D eigenvalue weighted by atomic mass is 10.0. The van der Waals surface area contributed by atoms with Crippen LogP contribution in [0.4, 0.5) is 11.4 Å². The SMILES string of the molecule is CCCC(C)C(=O)Nc1c(C)cc(Br)cc1N. The van der Waals surface area contributed by atoms with Crippen molar-refractivity contribution in [3.63, 3.8) is 0 Å². The predicted octanol–water partition coefficient (Wildman–Crippen LogP) is 3.71. The summed E-state index contributed by atoms with van der Waals surface area (Å²) in [5, 5.41) is 2.91. The van der Waals surface area contributed by atoms with Crippen LogP contribution in [-0.4, -0.2) is 5.91 Å². The zero-order valence-corrected chi connectivity index (χ0v) is 12.1. The number of nitrogens with one attached hydrogen (secondary N) is 1. The van der Waals surface area contributed by atoms with E-state index in [1.807, 2.05) is 19.9 Å². The Labute approximate surface area is 111 Å². The second-order valence-corrected chi connectivity index (χ2v) is 5.28. The fourth-order valence-corrected chi connectivity index (χ4v) is 2.34. The third-order valence-corrected chi connectivity index (χ3v) is 3.21. The van der Waals surface area contributed by atoms with Crippen molar-refractivity contribution in [1.29, 1.82) is 0 Å². The van der Waals surface area contributed by atoms with Gasteiger partial charge in [0.15, 0.2) is 0 Å². The molecule has 1 unspecified atom stereocenters. The molecule has 0 fully saturated rings. The van der Waals surface area contributed by atoms with Crippen LogP contribution in [0.3, 0.4) is 0 Å². The Morgan fingerprint density at radius 2 is 2.18 bits per heavy atom. The molecule has 1 aromatic rings. The topological polar surface area (TPSA) is 55.1 Å². The first-order valence-electron chi connectivity index (χ1n) is 5.82. The van der Waals surface area contributed by atoms with E-state index in [9.17, 15) is 4.79 Å². The van der Waals surface area contributed by atoms with E-state index in [-0.39, 0.29) is 11.8 Å². The quantitative estimate of drug-likeness (QED) is 0.833. The highest BCUT2D eigenvalue weighted by Crippen LogP contribution is 2.28. The summed E-state index contributed by atoms with van der Waals surface area (Å²) in [6.07, 6.45) is 1.89. The number of hydrogen-bond donors (Lipinski definition) is 2. The maximum absolute atomic E-state index is 11.9. The van der Waals surface area contributed by atoms with Crippen molar-refractivity contribution in [2.24, 2.45) is 5.92 Å². The Balaban J connectivity index is 2.85. The third-order valence-electron chi connectivity index (χ3n) is 2.75. The lowest BCUT2D eigenvalue weighted by Crippen LogP contribution is -2.21. The molecule has 1 atom stereocenters. The van der Waals surface area contributed by atoms with Crippen LogP contribution in [-0.2, 0) is 4.79 Å². The molecule has 3 N–H and O–H groups in total. The van der Waals surface area contributed by atoms with E-state index in [1.165, 1.54) is 0 Å². The maximum Gasteiger partial charge on any atom is 0.227 e. The summed E-state index contributed by atoms with van der Waals surface area (Å²) >= 11 is 3.37. The number of rotatable bonds is 4. The zero-order valence-electron chi connectivity index (χ0n) is 10.5. The number of nitrogen functional groups attached to an aromatic ring is 1. The van der Waals surface area contributed by atoms with Gasteiger partial charge in [0.1, 0.15) is 0 Å². The van der Waals surface area contributed by atoms with Gasteiger partial charge in [0.2, 0.25) is 5.91 Å². The minimum atomic E-state index is 0.0162. The monoisotopic (exact) mass is 298 g/mol. The fourth-order valence-electron chi connectivity index (χ4n) is 1.75. The van der Waals surface area contributed by atoms with Crippen LogP contribution in [0.5, 0.6) is 0 Å². The van der Waals surface area contributed by atoms with Crippen molar-refractivity contribution in [3.05, 3.63) is 22.2 Å². The summed E-state index contributed by atoms with van der Waals surface area (Å²) in [4.78, 5) is 11.9. The first-order chi connectivity index (χ1) is 7.95. The summed E-state index contributed by atoms with van der Waals surface area (Å²) in [5.74, 6) is 0.0476. The normalized spacial score (nSPS) is 12.2. The molecule has 0 aliphatic heterocycles. The summed E-state index contributed by atoms with van der Waals surface area (Å²) in [7, 11) is 0. The Morgan fingerprint density at radius 1 is 1.53 bits per heavy atom. The molecular formula is C13H19BrN2O. The van der Waals surface area contributed by atoms with Gasteiger partial charge < -0.3 is 11.1 Å². The van der Waals surface area contributed by atoms with Gasteiger partial charge in [-0.05, 0) is 31.0 Å². The molecule has 1 amide bonds. The van der Waals surface area contributed by atoms with E-state index in [4.69, 9.17) is 5.73 Å². The van der Waals surface area contributed by atoms with E-state index in [0.29, 0.717) is 5.69 Å². The molecule has 3 nitrogen and oxygen atoms in total. The van der Waals surface area contributed by atoms with Crippen molar-refractivity contribution < 1.29 is 4.79 Å². The largest absolute Gasteiger partial charge is 0.397 e. The minimum absolute atomic E-state index is 0.0162. The third kappa shape index (κ3) is 3.73. The molecule has 0 radical (unpaired) electrons. The van der Waals surface area contributed by atoms with Crippen LogP contribution in [0.2, 0.25) is 0 Å². The molecule has 0 aliphatic rings. The minimum Gasteiger partial charge on any atom is -0.397 e. The summed E-state index contributed by atoms with van der Waals surface area (Å²) < 4.78 is 0.923. The average molecular weight is 299 g/mol. The van der Waals surface area contributed by atoms with Gasteiger partial charge in [0, 0.05) is 10.4 Å². The zero-order chi connectivity index (χ0) is 13.0. The van der Waals surface area contributed by atoms with Crippen LogP contribution in [0, 0.1) is 12.8 Å². The van der Waals surface area contributed by atoms with E-state index >= 15 is 0 Å². The van der Waals surface area contributed by atoms with Gasteiger partial charge in [-0.1, -0.05) is 36.2 Å².